The third-order valence-corrected chi connectivity index (χ3v) is 3.68. The number of hydrogen-bond donors (Lipinski definition) is 1. The lowest BCUT2D eigenvalue weighted by atomic mass is 10.1. The number of nitrogens with zero attached hydrogens (tertiary/aromatic N) is 1. The molecular weight excluding hydrogens is 240 g/mol. The molecular formula is C15H16N2O2. The molecule has 0 saturated carbocycles. The molecule has 0 bridgehead atoms. The lowest BCUT2D eigenvalue weighted by Gasteiger charge is -2.16. The van der Waals surface area contributed by atoms with Crippen LogP contribution in [0.4, 0.5) is 0 Å². The van der Waals surface area contributed by atoms with Gasteiger partial charge in [0.05, 0.1) is 0 Å². The average molecular weight is 256 g/mol. The molecule has 4 nitrogen and oxygen atoms in total. The highest BCUT2D eigenvalue weighted by atomic mass is 16.2. The number of pyridine rings is 1. The number of carbonyl (C=O) groups is 1. The number of aromatic nitrogens is 1. The van der Waals surface area contributed by atoms with Crippen molar-refractivity contribution in [3.05, 3.63) is 46.9 Å². The highest BCUT2D eigenvalue weighted by Crippen LogP contribution is 2.18. The van der Waals surface area contributed by atoms with E-state index < -0.39 is 0 Å². The van der Waals surface area contributed by atoms with E-state index in [0.717, 1.165) is 24.6 Å². The van der Waals surface area contributed by atoms with Crippen molar-refractivity contribution in [3.8, 4) is 0 Å². The van der Waals surface area contributed by atoms with E-state index in [4.69, 9.17) is 0 Å². The molecule has 0 aliphatic carbocycles. The average Bonchev–Trinajstić information content (AvgIpc) is 2.65. The summed E-state index contributed by atoms with van der Waals surface area (Å²) in [6.07, 6.45) is 4.40. The summed E-state index contributed by atoms with van der Waals surface area (Å²) in [5.74, 6) is -0.0464. The first-order valence-corrected chi connectivity index (χ1v) is 6.65. The van der Waals surface area contributed by atoms with Gasteiger partial charge in [-0.1, -0.05) is 18.2 Å². The Kier molecular flexibility index (Phi) is 3.07. The molecule has 2 aromatic rings. The zero-order valence-electron chi connectivity index (χ0n) is 10.6. The van der Waals surface area contributed by atoms with Gasteiger partial charge in [0.1, 0.15) is 6.04 Å². The van der Waals surface area contributed by atoms with Gasteiger partial charge in [-0.3, -0.25) is 9.59 Å². The minimum Gasteiger partial charge on any atom is -0.354 e. The monoisotopic (exact) mass is 256 g/mol. The molecule has 0 spiro atoms. The van der Waals surface area contributed by atoms with Gasteiger partial charge in [0.25, 0.3) is 5.56 Å². The summed E-state index contributed by atoms with van der Waals surface area (Å²) in [5, 5.41) is 4.45. The van der Waals surface area contributed by atoms with Crippen LogP contribution in [0.15, 0.2) is 41.3 Å². The fraction of sp³-hybridized carbons (Fsp3) is 0.333. The van der Waals surface area contributed by atoms with E-state index in [1.54, 1.807) is 10.8 Å². The van der Waals surface area contributed by atoms with E-state index in [0.29, 0.717) is 11.9 Å². The maximum absolute atomic E-state index is 12.5. The molecule has 1 saturated heterocycles. The smallest absolute Gasteiger partial charge is 0.259 e. The quantitative estimate of drug-likeness (QED) is 0.846. The number of fused-ring (bicyclic) bond motifs is 1. The van der Waals surface area contributed by atoms with Crippen LogP contribution < -0.4 is 10.9 Å². The van der Waals surface area contributed by atoms with Crippen LogP contribution in [-0.4, -0.2) is 17.0 Å². The molecule has 0 radical (unpaired) electrons. The van der Waals surface area contributed by atoms with Crippen LogP contribution in [-0.2, 0) is 4.79 Å². The molecule has 1 aliphatic heterocycles. The third kappa shape index (κ3) is 2.14. The van der Waals surface area contributed by atoms with Crippen molar-refractivity contribution >= 4 is 16.7 Å². The van der Waals surface area contributed by atoms with Crippen LogP contribution in [0.25, 0.3) is 10.8 Å². The van der Waals surface area contributed by atoms with Crippen LogP contribution in [0.3, 0.4) is 0 Å². The Balaban J connectivity index is 2.12. The molecule has 2 heterocycles. The van der Waals surface area contributed by atoms with Gasteiger partial charge in [0, 0.05) is 18.1 Å². The van der Waals surface area contributed by atoms with Gasteiger partial charge in [-0.05, 0) is 36.8 Å². The summed E-state index contributed by atoms with van der Waals surface area (Å²) in [6.45, 7) is 0.706. The molecule has 98 valence electrons. The maximum Gasteiger partial charge on any atom is 0.259 e. The van der Waals surface area contributed by atoms with Crippen molar-refractivity contribution in [2.45, 2.75) is 25.3 Å². The van der Waals surface area contributed by atoms with E-state index in [9.17, 15) is 9.59 Å². The van der Waals surface area contributed by atoms with Crippen LogP contribution in [0, 0.1) is 0 Å². The second kappa shape index (κ2) is 4.88. The third-order valence-electron chi connectivity index (χ3n) is 3.68. The topological polar surface area (TPSA) is 51.1 Å². The second-order valence-corrected chi connectivity index (χ2v) is 4.92. The Labute approximate surface area is 111 Å². The zero-order valence-corrected chi connectivity index (χ0v) is 10.6. The number of rotatable bonds is 1. The van der Waals surface area contributed by atoms with E-state index in [2.05, 4.69) is 5.32 Å². The predicted octanol–water partition coefficient (Wildman–Crippen LogP) is 1.84. The first-order valence-electron chi connectivity index (χ1n) is 6.65. The van der Waals surface area contributed by atoms with Gasteiger partial charge in [0.15, 0.2) is 0 Å². The first kappa shape index (κ1) is 12.0. The SMILES string of the molecule is O=C1NCCCCC1n1ccc2ccccc2c1=O. The molecule has 1 N–H and O–H groups in total. The van der Waals surface area contributed by atoms with E-state index in [-0.39, 0.29) is 17.5 Å². The highest BCUT2D eigenvalue weighted by Gasteiger charge is 2.23. The van der Waals surface area contributed by atoms with Crippen molar-refractivity contribution in [2.75, 3.05) is 6.54 Å². The Morgan fingerprint density at radius 2 is 1.95 bits per heavy atom. The standard InChI is InChI=1S/C15H16N2O2/c18-14-13(7-3-4-9-16-14)17-10-8-11-5-1-2-6-12(11)15(17)19/h1-2,5-6,8,10,13H,3-4,7,9H2,(H,16,18). The Morgan fingerprint density at radius 1 is 1.11 bits per heavy atom. The first-order chi connectivity index (χ1) is 9.27. The highest BCUT2D eigenvalue weighted by molar-refractivity contribution is 5.83. The van der Waals surface area contributed by atoms with E-state index >= 15 is 0 Å². The summed E-state index contributed by atoms with van der Waals surface area (Å²) >= 11 is 0. The lowest BCUT2D eigenvalue weighted by Crippen LogP contribution is -2.35. The van der Waals surface area contributed by atoms with Gasteiger partial charge in [-0.25, -0.2) is 0 Å². The Hall–Kier alpha value is -2.10. The van der Waals surface area contributed by atoms with Crippen LogP contribution in [0.2, 0.25) is 0 Å². The minimum atomic E-state index is -0.375. The van der Waals surface area contributed by atoms with Gasteiger partial charge >= 0.3 is 0 Å². The van der Waals surface area contributed by atoms with Gasteiger partial charge in [-0.15, -0.1) is 0 Å². The van der Waals surface area contributed by atoms with Crippen molar-refractivity contribution < 1.29 is 4.79 Å². The molecule has 1 unspecified atom stereocenters. The summed E-state index contributed by atoms with van der Waals surface area (Å²) in [4.78, 5) is 24.5. The molecule has 3 rings (SSSR count). The van der Waals surface area contributed by atoms with Crippen LogP contribution in [0.5, 0.6) is 0 Å². The van der Waals surface area contributed by atoms with Crippen molar-refractivity contribution in [2.24, 2.45) is 0 Å². The maximum atomic E-state index is 12.5. The molecule has 1 aliphatic rings. The summed E-state index contributed by atoms with van der Waals surface area (Å²) in [6, 6.07) is 9.00. The predicted molar refractivity (Wildman–Crippen MR) is 74.1 cm³/mol. The van der Waals surface area contributed by atoms with Crippen molar-refractivity contribution in [1.29, 1.82) is 0 Å². The zero-order chi connectivity index (χ0) is 13.2. The Bertz CT molecular complexity index is 675. The lowest BCUT2D eigenvalue weighted by molar-refractivity contribution is -0.124. The van der Waals surface area contributed by atoms with Gasteiger partial charge < -0.3 is 9.88 Å². The molecule has 19 heavy (non-hydrogen) atoms. The number of hydrogen-bond acceptors (Lipinski definition) is 2. The minimum absolute atomic E-state index is 0.0464. The van der Waals surface area contributed by atoms with E-state index in [1.807, 2.05) is 30.3 Å². The summed E-state index contributed by atoms with van der Waals surface area (Å²) < 4.78 is 1.57. The largest absolute Gasteiger partial charge is 0.354 e. The summed E-state index contributed by atoms with van der Waals surface area (Å²) in [5.41, 5.74) is -0.0832. The number of amides is 1. The molecule has 4 heteroatoms. The fourth-order valence-corrected chi connectivity index (χ4v) is 2.64. The number of nitrogens with one attached hydrogen (secondary N) is 1. The normalized spacial score (nSPS) is 20.0. The van der Waals surface area contributed by atoms with Crippen LogP contribution in [0.1, 0.15) is 25.3 Å². The number of benzene rings is 1. The number of carbonyl (C=O) groups excluding carboxylic acids is 1. The molecule has 1 amide bonds. The van der Waals surface area contributed by atoms with E-state index in [1.165, 1.54) is 0 Å². The molecule has 1 fully saturated rings. The van der Waals surface area contributed by atoms with Crippen LogP contribution >= 0.6 is 0 Å². The summed E-state index contributed by atoms with van der Waals surface area (Å²) in [7, 11) is 0. The van der Waals surface area contributed by atoms with Crippen molar-refractivity contribution in [1.82, 2.24) is 9.88 Å². The molecule has 1 aromatic carbocycles. The van der Waals surface area contributed by atoms with Crippen molar-refractivity contribution in [3.63, 3.8) is 0 Å². The molecule has 1 aromatic heterocycles. The van der Waals surface area contributed by atoms with Gasteiger partial charge in [-0.2, -0.15) is 0 Å². The van der Waals surface area contributed by atoms with Gasteiger partial charge in [0.2, 0.25) is 5.91 Å². The molecule has 1 atom stereocenters. The Morgan fingerprint density at radius 3 is 2.84 bits per heavy atom. The fourth-order valence-electron chi connectivity index (χ4n) is 2.64. The second-order valence-electron chi connectivity index (χ2n) is 4.92.